The molecule has 1 heterocycles. The van der Waals surface area contributed by atoms with Gasteiger partial charge in [-0.1, -0.05) is 0 Å². The largest absolute Gasteiger partial charge is 0.348 e. The van der Waals surface area contributed by atoms with Crippen LogP contribution in [0.2, 0.25) is 0 Å². The van der Waals surface area contributed by atoms with Crippen LogP contribution in [0.5, 0.6) is 0 Å². The second-order valence-corrected chi connectivity index (χ2v) is 4.71. The van der Waals surface area contributed by atoms with Gasteiger partial charge >= 0.3 is 0 Å². The van der Waals surface area contributed by atoms with Crippen LogP contribution < -0.4 is 5.32 Å². The Morgan fingerprint density at radius 3 is 3.36 bits per heavy atom. The molecule has 2 rings (SSSR count). The van der Waals surface area contributed by atoms with E-state index in [2.05, 4.69) is 16.8 Å². The lowest BCUT2D eigenvalue weighted by atomic mass is 9.94. The lowest BCUT2D eigenvalue weighted by Crippen LogP contribution is -2.31. The summed E-state index contributed by atoms with van der Waals surface area (Å²) in [5.74, 6) is -0.0219. The molecule has 4 heteroatoms. The van der Waals surface area contributed by atoms with Gasteiger partial charge in [0.05, 0.1) is 6.04 Å². The highest BCUT2D eigenvalue weighted by Gasteiger charge is 2.21. The van der Waals surface area contributed by atoms with E-state index in [4.69, 9.17) is 11.6 Å². The van der Waals surface area contributed by atoms with Gasteiger partial charge in [-0.05, 0) is 36.3 Å². The van der Waals surface area contributed by atoms with Crippen LogP contribution in [-0.4, -0.2) is 11.8 Å². The molecule has 0 aliphatic heterocycles. The van der Waals surface area contributed by atoms with E-state index in [-0.39, 0.29) is 17.8 Å². The lowest BCUT2D eigenvalue weighted by Gasteiger charge is -2.23. The third-order valence-electron chi connectivity index (χ3n) is 2.51. The zero-order chi connectivity index (χ0) is 9.97. The van der Waals surface area contributed by atoms with Crippen molar-refractivity contribution in [3.05, 3.63) is 21.9 Å². The Balaban J connectivity index is 2.12. The van der Waals surface area contributed by atoms with Crippen molar-refractivity contribution < 1.29 is 4.79 Å². The second kappa shape index (κ2) is 4.32. The molecule has 0 saturated carbocycles. The van der Waals surface area contributed by atoms with Gasteiger partial charge < -0.3 is 5.32 Å². The predicted molar refractivity (Wildman–Crippen MR) is 58.9 cm³/mol. The first kappa shape index (κ1) is 9.99. The SMILES string of the molecule is O=C(CCl)NC1CCCc2sccc21. The van der Waals surface area contributed by atoms with Crippen molar-refractivity contribution in [3.8, 4) is 0 Å². The van der Waals surface area contributed by atoms with Gasteiger partial charge in [-0.25, -0.2) is 0 Å². The number of carbonyl (C=O) groups is 1. The van der Waals surface area contributed by atoms with Gasteiger partial charge in [-0.2, -0.15) is 0 Å². The van der Waals surface area contributed by atoms with Gasteiger partial charge in [-0.3, -0.25) is 4.79 Å². The van der Waals surface area contributed by atoms with Crippen molar-refractivity contribution in [1.82, 2.24) is 5.32 Å². The number of aryl methyl sites for hydroxylation is 1. The third-order valence-corrected chi connectivity index (χ3v) is 3.75. The normalized spacial score (nSPS) is 20.2. The van der Waals surface area contributed by atoms with Crippen LogP contribution in [0.3, 0.4) is 0 Å². The summed E-state index contributed by atoms with van der Waals surface area (Å²) in [7, 11) is 0. The highest BCUT2D eigenvalue weighted by Crippen LogP contribution is 2.33. The van der Waals surface area contributed by atoms with Crippen molar-refractivity contribution in [2.24, 2.45) is 0 Å². The van der Waals surface area contributed by atoms with E-state index in [1.165, 1.54) is 10.4 Å². The third kappa shape index (κ3) is 1.93. The van der Waals surface area contributed by atoms with Crippen molar-refractivity contribution in [2.45, 2.75) is 25.3 Å². The predicted octanol–water partition coefficient (Wildman–Crippen LogP) is 2.48. The van der Waals surface area contributed by atoms with E-state index in [0.29, 0.717) is 0 Å². The lowest BCUT2D eigenvalue weighted by molar-refractivity contribution is -0.119. The molecule has 2 nitrogen and oxygen atoms in total. The molecule has 1 aromatic heterocycles. The molecule has 0 spiro atoms. The molecule has 0 aromatic carbocycles. The first-order valence-electron chi connectivity index (χ1n) is 4.73. The van der Waals surface area contributed by atoms with Crippen LogP contribution in [0.25, 0.3) is 0 Å². The highest BCUT2D eigenvalue weighted by atomic mass is 35.5. The molecule has 1 unspecified atom stereocenters. The summed E-state index contributed by atoms with van der Waals surface area (Å²) in [5.41, 5.74) is 1.29. The molecule has 0 saturated heterocycles. The first-order valence-corrected chi connectivity index (χ1v) is 6.14. The topological polar surface area (TPSA) is 29.1 Å². The Kier molecular flexibility index (Phi) is 3.08. The molecule has 1 aliphatic carbocycles. The summed E-state index contributed by atoms with van der Waals surface area (Å²) in [4.78, 5) is 12.6. The van der Waals surface area contributed by atoms with Crippen molar-refractivity contribution in [3.63, 3.8) is 0 Å². The number of hydrogen-bond acceptors (Lipinski definition) is 2. The zero-order valence-electron chi connectivity index (χ0n) is 7.75. The highest BCUT2D eigenvalue weighted by molar-refractivity contribution is 7.10. The fraction of sp³-hybridized carbons (Fsp3) is 0.500. The number of alkyl halides is 1. The number of rotatable bonds is 2. The van der Waals surface area contributed by atoms with Crippen LogP contribution in [0.1, 0.15) is 29.3 Å². The Labute approximate surface area is 92.3 Å². The zero-order valence-corrected chi connectivity index (χ0v) is 9.33. The molecule has 1 aromatic rings. The maximum atomic E-state index is 11.2. The van der Waals surface area contributed by atoms with Gasteiger partial charge in [0, 0.05) is 4.88 Å². The molecule has 76 valence electrons. The maximum absolute atomic E-state index is 11.2. The first-order chi connectivity index (χ1) is 6.81. The number of carbonyl (C=O) groups excluding carboxylic acids is 1. The Morgan fingerprint density at radius 2 is 2.57 bits per heavy atom. The van der Waals surface area contributed by atoms with Crippen molar-refractivity contribution >= 4 is 28.8 Å². The maximum Gasteiger partial charge on any atom is 0.235 e. The molecule has 1 N–H and O–H groups in total. The van der Waals surface area contributed by atoms with Gasteiger partial charge in [0.15, 0.2) is 0 Å². The summed E-state index contributed by atoms with van der Waals surface area (Å²) in [6.45, 7) is 0. The minimum atomic E-state index is -0.0734. The summed E-state index contributed by atoms with van der Waals surface area (Å²) in [5, 5.41) is 5.04. The van der Waals surface area contributed by atoms with E-state index in [1.807, 2.05) is 0 Å². The molecule has 1 atom stereocenters. The number of nitrogens with one attached hydrogen (secondary N) is 1. The van der Waals surface area contributed by atoms with E-state index in [9.17, 15) is 4.79 Å². The van der Waals surface area contributed by atoms with Crippen LogP contribution in [0.4, 0.5) is 0 Å². The van der Waals surface area contributed by atoms with E-state index < -0.39 is 0 Å². The molecule has 0 radical (unpaired) electrons. The standard InChI is InChI=1S/C10H12ClNOS/c11-6-10(13)12-8-2-1-3-9-7(8)4-5-14-9/h4-5,8H,1-3,6H2,(H,12,13). The average molecular weight is 230 g/mol. The van der Waals surface area contributed by atoms with Crippen LogP contribution >= 0.6 is 22.9 Å². The van der Waals surface area contributed by atoms with Crippen molar-refractivity contribution in [2.75, 3.05) is 5.88 Å². The fourth-order valence-corrected chi connectivity index (χ4v) is 2.93. The van der Waals surface area contributed by atoms with Gasteiger partial charge in [0.1, 0.15) is 5.88 Å². The smallest absolute Gasteiger partial charge is 0.235 e. The molecular formula is C10H12ClNOS. The number of halogens is 1. The number of thiophene rings is 1. The Hall–Kier alpha value is -0.540. The van der Waals surface area contributed by atoms with E-state index >= 15 is 0 Å². The van der Waals surface area contributed by atoms with E-state index in [1.54, 1.807) is 11.3 Å². The van der Waals surface area contributed by atoms with Crippen LogP contribution in [-0.2, 0) is 11.2 Å². The summed E-state index contributed by atoms with van der Waals surface area (Å²) < 4.78 is 0. The minimum Gasteiger partial charge on any atom is -0.348 e. The fourth-order valence-electron chi connectivity index (χ4n) is 1.87. The molecule has 0 fully saturated rings. The van der Waals surface area contributed by atoms with Crippen LogP contribution in [0, 0.1) is 0 Å². The number of hydrogen-bond donors (Lipinski definition) is 1. The number of amides is 1. The van der Waals surface area contributed by atoms with Gasteiger partial charge in [-0.15, -0.1) is 22.9 Å². The molecular weight excluding hydrogens is 218 g/mol. The minimum absolute atomic E-state index is 0.0516. The quantitative estimate of drug-likeness (QED) is 0.776. The van der Waals surface area contributed by atoms with Crippen molar-refractivity contribution in [1.29, 1.82) is 0 Å². The van der Waals surface area contributed by atoms with Gasteiger partial charge in [0.2, 0.25) is 5.91 Å². The molecule has 0 bridgehead atoms. The number of fused-ring (bicyclic) bond motifs is 1. The summed E-state index contributed by atoms with van der Waals surface area (Å²) in [6.07, 6.45) is 3.34. The van der Waals surface area contributed by atoms with Crippen LogP contribution in [0.15, 0.2) is 11.4 Å². The molecule has 1 aliphatic rings. The molecule has 14 heavy (non-hydrogen) atoms. The van der Waals surface area contributed by atoms with Gasteiger partial charge in [0.25, 0.3) is 0 Å². The summed E-state index contributed by atoms with van der Waals surface area (Å²) in [6, 6.07) is 2.30. The Morgan fingerprint density at radius 1 is 1.71 bits per heavy atom. The summed E-state index contributed by atoms with van der Waals surface area (Å²) >= 11 is 7.24. The second-order valence-electron chi connectivity index (χ2n) is 3.45. The monoisotopic (exact) mass is 229 g/mol. The molecule has 1 amide bonds. The Bertz CT molecular complexity index is 337. The van der Waals surface area contributed by atoms with E-state index in [0.717, 1.165) is 19.3 Å². The average Bonchev–Trinajstić information content (AvgIpc) is 2.66.